The summed E-state index contributed by atoms with van der Waals surface area (Å²) in [6.07, 6.45) is -5.10. The monoisotopic (exact) mass is 1530 g/mol. The van der Waals surface area contributed by atoms with Crippen molar-refractivity contribution in [2.24, 2.45) is 0 Å². The molecule has 0 aliphatic carbocycles. The van der Waals surface area contributed by atoms with E-state index in [0.717, 1.165) is 50.6 Å². The van der Waals surface area contributed by atoms with Crippen molar-refractivity contribution in [3.05, 3.63) is 368 Å². The molecule has 0 saturated carbocycles. The second-order valence-electron chi connectivity index (χ2n) is 28.1. The lowest BCUT2D eigenvalue weighted by Crippen LogP contribution is -2.11. The lowest BCUT2D eigenvalue weighted by molar-refractivity contribution is -0.137. The van der Waals surface area contributed by atoms with Crippen LogP contribution in [0.15, 0.2) is 346 Å². The highest BCUT2D eigenvalue weighted by molar-refractivity contribution is 6.14. The van der Waals surface area contributed by atoms with Gasteiger partial charge in [-0.15, -0.1) is 0 Å². The Bertz CT molecular complexity index is 6420. The summed E-state index contributed by atoms with van der Waals surface area (Å²) in [4.78, 5) is 65.7. The Hall–Kier alpha value is -16.5. The zero-order valence-corrected chi connectivity index (χ0v) is 62.2. The molecule has 0 aliphatic heterocycles. The topological polar surface area (TPSA) is 193 Å². The van der Waals surface area contributed by atoms with Gasteiger partial charge in [0.2, 0.25) is 0 Å². The highest BCUT2D eigenvalue weighted by Crippen LogP contribution is 2.51. The second kappa shape index (κ2) is 29.5. The van der Waals surface area contributed by atoms with Gasteiger partial charge in [-0.25, -0.2) is 64.7 Å². The van der Waals surface area contributed by atoms with Gasteiger partial charge >= 0.3 is 6.18 Å². The van der Waals surface area contributed by atoms with Crippen LogP contribution in [-0.4, -0.2) is 68.9 Å². The third-order valence-corrected chi connectivity index (χ3v) is 20.8. The second-order valence-corrected chi connectivity index (χ2v) is 28.1. The Balaban J connectivity index is 0.930. The highest BCUT2D eigenvalue weighted by atomic mass is 19.4. The van der Waals surface area contributed by atoms with Gasteiger partial charge in [-0.2, -0.15) is 18.4 Å². The van der Waals surface area contributed by atoms with E-state index in [0.29, 0.717) is 112 Å². The Morgan fingerprint density at radius 3 is 0.678 bits per heavy atom. The van der Waals surface area contributed by atoms with Gasteiger partial charge in [0.15, 0.2) is 75.6 Å². The van der Waals surface area contributed by atoms with Crippen LogP contribution in [0, 0.1) is 17.9 Å². The molecule has 0 fully saturated rings. The summed E-state index contributed by atoms with van der Waals surface area (Å²) in [6.45, 7) is 9.07. The highest BCUT2D eigenvalue weighted by Gasteiger charge is 2.38. The van der Waals surface area contributed by atoms with Crippen LogP contribution in [0.2, 0.25) is 0 Å². The smallest absolute Gasteiger partial charge is 0.309 e. The molecule has 0 amide bonds. The predicted octanol–water partition coefficient (Wildman–Crippen LogP) is 23.7. The number of nitriles is 1. The molecule has 554 valence electrons. The fourth-order valence-corrected chi connectivity index (χ4v) is 15.3. The average molecular weight is 1530 g/mol. The number of halogens is 3. The van der Waals surface area contributed by atoms with Crippen LogP contribution >= 0.6 is 0 Å². The Morgan fingerprint density at radius 1 is 0.254 bits per heavy atom. The first-order chi connectivity index (χ1) is 58.0. The van der Waals surface area contributed by atoms with E-state index in [-0.39, 0.29) is 51.5 Å². The number of rotatable bonds is 15. The predicted molar refractivity (Wildman–Crippen MR) is 455 cm³/mol. The van der Waals surface area contributed by atoms with Crippen molar-refractivity contribution in [2.75, 3.05) is 0 Å². The number of nitrogens with zero attached hydrogens (tertiary/aromatic N) is 16. The molecule has 20 rings (SSSR count). The third kappa shape index (κ3) is 13.1. The molecule has 0 unspecified atom stereocenters. The average Bonchev–Trinajstić information content (AvgIpc) is 1.07. The van der Waals surface area contributed by atoms with Crippen LogP contribution < -0.4 is 0 Å². The van der Waals surface area contributed by atoms with Gasteiger partial charge in [-0.1, -0.05) is 309 Å². The number of alkyl halides is 3. The number of hydrogen-bond donors (Lipinski definition) is 0. The Labute approximate surface area is 672 Å². The van der Waals surface area contributed by atoms with Crippen molar-refractivity contribution in [1.82, 2.24) is 68.9 Å². The van der Waals surface area contributed by atoms with Gasteiger partial charge in [0.1, 0.15) is 0 Å². The van der Waals surface area contributed by atoms with Gasteiger partial charge in [-0.3, -0.25) is 0 Å². The van der Waals surface area contributed by atoms with E-state index in [9.17, 15) is 5.26 Å². The normalized spacial score (nSPS) is 11.5. The lowest BCUT2D eigenvalue weighted by Gasteiger charge is -2.24. The minimum absolute atomic E-state index is 0.0390. The number of hydrogen-bond acceptors (Lipinski definition) is 13. The largest absolute Gasteiger partial charge is 0.415 e. The zero-order valence-electron chi connectivity index (χ0n) is 62.2. The van der Waals surface area contributed by atoms with Crippen LogP contribution in [0.25, 0.3) is 208 Å². The Morgan fingerprint density at radius 2 is 0.475 bits per heavy atom. The number of aromatic nitrogens is 14. The summed E-state index contributed by atoms with van der Waals surface area (Å²) >= 11 is 0. The molecule has 6 heterocycles. The first-order valence-corrected chi connectivity index (χ1v) is 37.8. The molecular formula is C99H57F3N16. The zero-order chi connectivity index (χ0) is 79.4. The molecule has 118 heavy (non-hydrogen) atoms. The molecule has 14 aromatic carbocycles. The molecule has 0 atom stereocenters. The maximum atomic E-state index is 17.1. The first kappa shape index (κ1) is 70.6. The molecule has 20 aromatic rings. The molecule has 0 N–H and O–H groups in total. The van der Waals surface area contributed by atoms with Crippen LogP contribution in [-0.2, 0) is 6.18 Å². The molecule has 0 radical (unpaired) electrons. The van der Waals surface area contributed by atoms with Crippen molar-refractivity contribution in [1.29, 1.82) is 5.26 Å². The molecule has 0 aliphatic rings. The van der Waals surface area contributed by atoms with Gasteiger partial charge in [0.25, 0.3) is 0 Å². The van der Waals surface area contributed by atoms with Crippen LogP contribution in [0.3, 0.4) is 0 Å². The van der Waals surface area contributed by atoms with Crippen molar-refractivity contribution in [3.63, 3.8) is 0 Å². The number of fused-ring (bicyclic) bond motifs is 6. The minimum atomic E-state index is -5.10. The van der Waals surface area contributed by atoms with Gasteiger partial charge in [0.05, 0.1) is 57.2 Å². The van der Waals surface area contributed by atoms with Gasteiger partial charge in [-0.05, 0) is 36.4 Å². The number of benzene rings is 14. The third-order valence-electron chi connectivity index (χ3n) is 20.8. The summed E-state index contributed by atoms with van der Waals surface area (Å²) in [5, 5.41) is 14.6. The fraction of sp³-hybridized carbons (Fsp3) is 0.0101. The molecule has 19 heteroatoms. The molecule has 6 aromatic heterocycles. The molecule has 0 saturated heterocycles. The lowest BCUT2D eigenvalue weighted by atomic mass is 9.92. The van der Waals surface area contributed by atoms with E-state index in [2.05, 4.69) is 10.9 Å². The SMILES string of the molecule is [C-]#[N+]c1cccc(C(F)(F)F)c1-c1c(-n2c3cc(-c4nc(-c5ccccc5)nc(-c5ccccc5)n4)ccc3c3ccc(-c4nc(-c5ccccc5)nc(-c5ccccc5)n4)cc32)cc(C#N)cc1-n1c2cc(-c3nc(-c4ccccc4)nc(-c4ccccc4)n3)ccc2c2ccc(-c3nc(-c4ccccc4)nc(-c4ccccc4)n3)cc21. The van der Waals surface area contributed by atoms with E-state index < -0.39 is 17.3 Å². The molecular weight excluding hydrogens is 1470 g/mol. The summed E-state index contributed by atoms with van der Waals surface area (Å²) < 4.78 is 55.1. The summed E-state index contributed by atoms with van der Waals surface area (Å²) in [5.41, 5.74) is 7.93. The van der Waals surface area contributed by atoms with Crippen molar-refractivity contribution < 1.29 is 13.2 Å². The van der Waals surface area contributed by atoms with E-state index in [4.69, 9.17) is 66.4 Å². The summed E-state index contributed by atoms with van der Waals surface area (Å²) in [5.74, 6) is 4.30. The molecule has 0 spiro atoms. The van der Waals surface area contributed by atoms with Gasteiger partial charge < -0.3 is 9.13 Å². The summed E-state index contributed by atoms with van der Waals surface area (Å²) in [6, 6.07) is 109. The van der Waals surface area contributed by atoms with Crippen LogP contribution in [0.5, 0.6) is 0 Å². The van der Waals surface area contributed by atoms with Crippen LogP contribution in [0.1, 0.15) is 11.1 Å². The maximum Gasteiger partial charge on any atom is 0.415 e. The van der Waals surface area contributed by atoms with Crippen molar-refractivity contribution in [3.8, 4) is 165 Å². The van der Waals surface area contributed by atoms with E-state index in [1.54, 1.807) is 12.1 Å². The van der Waals surface area contributed by atoms with Crippen LogP contribution in [0.4, 0.5) is 18.9 Å². The maximum absolute atomic E-state index is 17.1. The van der Waals surface area contributed by atoms with E-state index in [1.165, 1.54) is 12.1 Å². The minimum Gasteiger partial charge on any atom is -0.309 e. The molecule has 16 nitrogen and oxygen atoms in total. The fourth-order valence-electron chi connectivity index (χ4n) is 15.3. The summed E-state index contributed by atoms with van der Waals surface area (Å²) in [7, 11) is 0. The van der Waals surface area contributed by atoms with Crippen molar-refractivity contribution >= 4 is 49.3 Å². The van der Waals surface area contributed by atoms with Crippen molar-refractivity contribution in [2.45, 2.75) is 6.18 Å². The quantitative estimate of drug-likeness (QED) is 0.0881. The van der Waals surface area contributed by atoms with Gasteiger partial charge in [0, 0.05) is 99.4 Å². The Kier molecular flexibility index (Phi) is 17.7. The molecule has 0 bridgehead atoms. The standard InChI is InChI=1S/C99H57F3N16/c1-104-78-44-26-43-77(99(100,101)102)85(78)86-83(117-79-55-69(95-109-87(61-27-10-2-11-28-61)105-88(110-95)62-29-12-3-13-30-62)45-49-73(79)74-50-46-70(56-80(74)117)96-111-89(63-31-14-4-15-32-63)106-90(112-96)64-33-16-5-17-34-64)53-60(59-103)54-84(86)118-81-57-71(97-113-91(65-35-18-6-19-36-65)107-92(114-97)66-37-20-7-21-38-66)47-51-75(81)76-52-48-72(58-82(76)118)98-115-93(67-39-22-8-23-40-67)108-94(116-98)68-41-24-9-25-42-68/h2-58H. The first-order valence-electron chi connectivity index (χ1n) is 37.8. The van der Waals surface area contributed by atoms with E-state index >= 15 is 13.2 Å². The van der Waals surface area contributed by atoms with E-state index in [1.807, 2.05) is 325 Å².